The molecule has 2 aliphatic rings. The first kappa shape index (κ1) is 42.9. The molecule has 350 valence electrons. The van der Waals surface area contributed by atoms with Crippen molar-refractivity contribution in [3.63, 3.8) is 0 Å². The summed E-state index contributed by atoms with van der Waals surface area (Å²) in [6.07, 6.45) is 0. The van der Waals surface area contributed by atoms with E-state index in [4.69, 9.17) is 0 Å². The smallest absolute Gasteiger partial charge is 0.0725 e. The fourth-order valence-corrected chi connectivity index (χ4v) is 12.7. The number of rotatable bonds is 7. The first-order valence-corrected chi connectivity index (χ1v) is 26.0. The zero-order valence-electron chi connectivity index (χ0n) is 41.1. The highest BCUT2D eigenvalue weighted by Gasteiger charge is 2.49. The quantitative estimate of drug-likeness (QED) is 0.155. The maximum Gasteiger partial charge on any atom is 0.0725 e. The molecule has 75 heavy (non-hydrogen) atoms. The standard InChI is InChI=1S/C73H48N2/c1-3-17-49(18-4-1)50-31-39-56(40-32-50)74(58-43-35-52(36-44-58)54-38-46-72-66(48-54)64-26-12-16-30-71(64)75(72)55-19-5-2-6-20-55)57-41-33-51(34-42-57)53-37-45-70-65(47-53)63-25-11-15-29-69(63)73(70)67-27-13-9-23-61(67)59-21-7-8-22-60(59)62-24-10-14-28-68(62)73/h1-48H. The Morgan fingerprint density at radius 2 is 0.613 bits per heavy atom. The summed E-state index contributed by atoms with van der Waals surface area (Å²) < 4.78 is 2.37. The van der Waals surface area contributed by atoms with Crippen LogP contribution < -0.4 is 4.90 Å². The summed E-state index contributed by atoms with van der Waals surface area (Å²) in [5.41, 5.74) is 26.5. The molecule has 2 aliphatic carbocycles. The molecule has 1 heterocycles. The van der Waals surface area contributed by atoms with Crippen molar-refractivity contribution >= 4 is 38.9 Å². The largest absolute Gasteiger partial charge is 0.311 e. The van der Waals surface area contributed by atoms with Crippen LogP contribution in [0.2, 0.25) is 0 Å². The molecule has 1 aromatic heterocycles. The van der Waals surface area contributed by atoms with E-state index in [-0.39, 0.29) is 0 Å². The SMILES string of the molecule is c1ccc(-c2ccc(N(c3ccc(-c4ccc5c(c4)-c4ccccc4C54c5ccccc5-c5ccccc5-c5ccccc54)cc3)c3ccc(-c4ccc5c(c4)c4ccccc4n5-c4ccccc4)cc3)cc2)cc1. The van der Waals surface area contributed by atoms with E-state index >= 15 is 0 Å². The van der Waals surface area contributed by atoms with Crippen molar-refractivity contribution in [2.75, 3.05) is 4.90 Å². The van der Waals surface area contributed by atoms with E-state index in [0.29, 0.717) is 0 Å². The maximum atomic E-state index is 2.44. The molecular weight excluding hydrogens is 905 g/mol. The molecule has 0 atom stereocenters. The third kappa shape index (κ3) is 6.66. The Bertz CT molecular complexity index is 4250. The molecule has 0 saturated carbocycles. The Balaban J connectivity index is 0.820. The van der Waals surface area contributed by atoms with Crippen LogP contribution in [0.5, 0.6) is 0 Å². The summed E-state index contributed by atoms with van der Waals surface area (Å²) in [7, 11) is 0. The lowest BCUT2D eigenvalue weighted by Crippen LogP contribution is -2.29. The van der Waals surface area contributed by atoms with Crippen molar-refractivity contribution in [1.29, 1.82) is 0 Å². The van der Waals surface area contributed by atoms with E-state index in [2.05, 4.69) is 301 Å². The zero-order valence-corrected chi connectivity index (χ0v) is 41.1. The monoisotopic (exact) mass is 952 g/mol. The van der Waals surface area contributed by atoms with Gasteiger partial charge in [0.2, 0.25) is 0 Å². The summed E-state index contributed by atoms with van der Waals surface area (Å²) in [6.45, 7) is 0. The molecular formula is C73H48N2. The second-order valence-corrected chi connectivity index (χ2v) is 20.0. The molecule has 15 rings (SSSR count). The Kier molecular flexibility index (Phi) is 9.83. The fourth-order valence-electron chi connectivity index (χ4n) is 12.7. The van der Waals surface area contributed by atoms with E-state index < -0.39 is 5.41 Å². The maximum absolute atomic E-state index is 2.44. The Labute approximate surface area is 437 Å². The molecule has 0 amide bonds. The molecule has 0 fully saturated rings. The molecule has 0 bridgehead atoms. The van der Waals surface area contributed by atoms with Crippen LogP contribution in [-0.4, -0.2) is 4.57 Å². The lowest BCUT2D eigenvalue weighted by molar-refractivity contribution is 0.775. The first-order chi connectivity index (χ1) is 37.2. The topological polar surface area (TPSA) is 8.17 Å². The first-order valence-electron chi connectivity index (χ1n) is 26.0. The Morgan fingerprint density at radius 1 is 0.240 bits per heavy atom. The Morgan fingerprint density at radius 3 is 1.17 bits per heavy atom. The van der Waals surface area contributed by atoms with Gasteiger partial charge in [-0.1, -0.05) is 218 Å². The number of hydrogen-bond donors (Lipinski definition) is 0. The third-order valence-electron chi connectivity index (χ3n) is 16.1. The number of benzene rings is 12. The van der Waals surface area contributed by atoms with Gasteiger partial charge in [-0.3, -0.25) is 0 Å². The number of anilines is 3. The highest BCUT2D eigenvalue weighted by Crippen LogP contribution is 2.61. The number of aromatic nitrogens is 1. The normalized spacial score (nSPS) is 12.6. The minimum Gasteiger partial charge on any atom is -0.311 e. The van der Waals surface area contributed by atoms with E-state index in [1.807, 2.05) is 0 Å². The van der Waals surface area contributed by atoms with Gasteiger partial charge in [-0.25, -0.2) is 0 Å². The van der Waals surface area contributed by atoms with Gasteiger partial charge < -0.3 is 9.47 Å². The molecule has 13 aromatic rings. The van der Waals surface area contributed by atoms with Crippen LogP contribution in [0.15, 0.2) is 291 Å². The molecule has 1 spiro atoms. The van der Waals surface area contributed by atoms with Gasteiger partial charge in [-0.15, -0.1) is 0 Å². The molecule has 0 aliphatic heterocycles. The zero-order chi connectivity index (χ0) is 49.5. The van der Waals surface area contributed by atoms with Gasteiger partial charge in [0, 0.05) is 33.5 Å². The molecule has 0 radical (unpaired) electrons. The summed E-state index contributed by atoms with van der Waals surface area (Å²) in [4.78, 5) is 2.38. The fraction of sp³-hybridized carbons (Fsp3) is 0.0137. The van der Waals surface area contributed by atoms with Crippen LogP contribution in [0.4, 0.5) is 17.1 Å². The van der Waals surface area contributed by atoms with E-state index in [0.717, 1.165) is 22.7 Å². The van der Waals surface area contributed by atoms with Gasteiger partial charge in [0.1, 0.15) is 0 Å². The van der Waals surface area contributed by atoms with Gasteiger partial charge in [-0.05, 0) is 162 Å². The minimum atomic E-state index is -0.498. The molecule has 2 nitrogen and oxygen atoms in total. The van der Waals surface area contributed by atoms with Crippen molar-refractivity contribution in [3.05, 3.63) is 313 Å². The average Bonchev–Trinajstić information content (AvgIpc) is 4.12. The van der Waals surface area contributed by atoms with Crippen LogP contribution in [0.1, 0.15) is 22.3 Å². The van der Waals surface area contributed by atoms with Crippen molar-refractivity contribution in [2.24, 2.45) is 0 Å². The van der Waals surface area contributed by atoms with E-state index in [1.54, 1.807) is 0 Å². The predicted octanol–water partition coefficient (Wildman–Crippen LogP) is 19.3. The van der Waals surface area contributed by atoms with Gasteiger partial charge >= 0.3 is 0 Å². The summed E-state index contributed by atoms with van der Waals surface area (Å²) in [5.74, 6) is 0. The average molecular weight is 953 g/mol. The van der Waals surface area contributed by atoms with Crippen LogP contribution in [0.3, 0.4) is 0 Å². The van der Waals surface area contributed by atoms with Gasteiger partial charge in [0.25, 0.3) is 0 Å². The summed E-state index contributed by atoms with van der Waals surface area (Å²) in [5, 5.41) is 2.49. The van der Waals surface area contributed by atoms with Crippen molar-refractivity contribution in [1.82, 2.24) is 4.57 Å². The molecule has 2 heteroatoms. The summed E-state index contributed by atoms with van der Waals surface area (Å²) >= 11 is 0. The minimum absolute atomic E-state index is 0.498. The molecule has 12 aromatic carbocycles. The van der Waals surface area contributed by atoms with Crippen molar-refractivity contribution in [2.45, 2.75) is 5.41 Å². The van der Waals surface area contributed by atoms with Crippen LogP contribution >= 0.6 is 0 Å². The van der Waals surface area contributed by atoms with Crippen LogP contribution in [-0.2, 0) is 5.41 Å². The third-order valence-corrected chi connectivity index (χ3v) is 16.1. The highest BCUT2D eigenvalue weighted by atomic mass is 15.1. The molecule has 0 saturated heterocycles. The molecule has 0 unspecified atom stereocenters. The van der Waals surface area contributed by atoms with Gasteiger partial charge in [0.05, 0.1) is 16.4 Å². The number of para-hydroxylation sites is 2. The number of nitrogens with zero attached hydrogens (tertiary/aromatic N) is 2. The Hall–Kier alpha value is -9.76. The second kappa shape index (κ2) is 17.2. The number of hydrogen-bond acceptors (Lipinski definition) is 1. The van der Waals surface area contributed by atoms with E-state index in [9.17, 15) is 0 Å². The van der Waals surface area contributed by atoms with Crippen LogP contribution in [0.25, 0.3) is 94.3 Å². The highest BCUT2D eigenvalue weighted by molar-refractivity contribution is 6.10. The van der Waals surface area contributed by atoms with Crippen LogP contribution in [0, 0.1) is 0 Å². The van der Waals surface area contributed by atoms with Crippen molar-refractivity contribution < 1.29 is 0 Å². The number of fused-ring (bicyclic) bond motifs is 15. The van der Waals surface area contributed by atoms with Gasteiger partial charge in [0.15, 0.2) is 0 Å². The van der Waals surface area contributed by atoms with Gasteiger partial charge in [-0.2, -0.15) is 0 Å². The molecule has 0 N–H and O–H groups in total. The predicted molar refractivity (Wildman–Crippen MR) is 314 cm³/mol. The lowest BCUT2D eigenvalue weighted by atomic mass is 9.66. The van der Waals surface area contributed by atoms with E-state index in [1.165, 1.54) is 111 Å². The van der Waals surface area contributed by atoms with Crippen molar-refractivity contribution in [3.8, 4) is 72.4 Å². The summed E-state index contributed by atoms with van der Waals surface area (Å²) in [6, 6.07) is 108. The second-order valence-electron chi connectivity index (χ2n) is 20.0. The lowest BCUT2D eigenvalue weighted by Gasteiger charge is -2.35.